The van der Waals surface area contributed by atoms with Gasteiger partial charge in [0, 0.05) is 39.1 Å². The lowest BCUT2D eigenvalue weighted by Gasteiger charge is -2.36. The van der Waals surface area contributed by atoms with Crippen molar-refractivity contribution in [2.45, 2.75) is 39.4 Å². The second-order valence-corrected chi connectivity index (χ2v) is 9.02. The lowest BCUT2D eigenvalue weighted by molar-refractivity contribution is -0.116. The van der Waals surface area contributed by atoms with Crippen molar-refractivity contribution in [1.29, 1.82) is 0 Å². The van der Waals surface area contributed by atoms with Crippen molar-refractivity contribution in [3.05, 3.63) is 28.2 Å². The normalized spacial score (nSPS) is 17.4. The van der Waals surface area contributed by atoms with Crippen molar-refractivity contribution in [1.82, 2.24) is 14.7 Å². The quantitative estimate of drug-likeness (QED) is 0.624. The minimum absolute atomic E-state index is 0.0463. The average Bonchev–Trinajstić information content (AvgIpc) is 3.47. The van der Waals surface area contributed by atoms with E-state index in [1.165, 1.54) is 11.3 Å². The number of hydrogen-bond donors (Lipinski definition) is 0. The van der Waals surface area contributed by atoms with Gasteiger partial charge in [-0.15, -0.1) is 5.10 Å². The monoisotopic (exact) mass is 433 g/mol. The fourth-order valence-corrected chi connectivity index (χ4v) is 4.88. The van der Waals surface area contributed by atoms with E-state index >= 15 is 0 Å². The minimum atomic E-state index is 0.0463. The average molecular weight is 434 g/mol. The van der Waals surface area contributed by atoms with E-state index in [9.17, 15) is 4.79 Å². The lowest BCUT2D eigenvalue weighted by Crippen LogP contribution is -2.47. The lowest BCUT2D eigenvalue weighted by atomic mass is 10.2. The Hall–Kier alpha value is -1.97. The minimum Gasteiger partial charge on any atom is -0.492 e. The van der Waals surface area contributed by atoms with E-state index in [2.05, 4.69) is 27.0 Å². The summed E-state index contributed by atoms with van der Waals surface area (Å²) in [4.78, 5) is 18.5. The van der Waals surface area contributed by atoms with Gasteiger partial charge < -0.3 is 9.64 Å². The van der Waals surface area contributed by atoms with Crippen molar-refractivity contribution in [3.63, 3.8) is 0 Å². The largest absolute Gasteiger partial charge is 0.492 e. The van der Waals surface area contributed by atoms with Crippen LogP contribution in [-0.4, -0.2) is 59.4 Å². The molecule has 1 aliphatic heterocycles. The Balaban J connectivity index is 1.39. The van der Waals surface area contributed by atoms with Crippen LogP contribution < -0.4 is 14.5 Å². The summed E-state index contributed by atoms with van der Waals surface area (Å²) >= 11 is 6.96. The van der Waals surface area contributed by atoms with Crippen molar-refractivity contribution in [2.24, 2.45) is 0 Å². The fraction of sp³-hybridized carbons (Fsp3) is 0.550. The Morgan fingerprint density at radius 2 is 2.00 bits per heavy atom. The third-order valence-corrected chi connectivity index (χ3v) is 6.57. The van der Waals surface area contributed by atoms with Gasteiger partial charge in [0.2, 0.25) is 11.0 Å². The van der Waals surface area contributed by atoms with Gasteiger partial charge in [-0.25, -0.2) is 4.68 Å². The summed E-state index contributed by atoms with van der Waals surface area (Å²) in [7, 11) is 0. The number of benzene rings is 1. The molecule has 0 atom stereocenters. The van der Waals surface area contributed by atoms with E-state index in [1.54, 1.807) is 11.8 Å². The van der Waals surface area contributed by atoms with Crippen molar-refractivity contribution in [3.8, 4) is 5.75 Å². The smallest absolute Gasteiger partial charge is 0.225 e. The van der Waals surface area contributed by atoms with E-state index < -0.39 is 0 Å². The zero-order valence-electron chi connectivity index (χ0n) is 16.9. The van der Waals surface area contributed by atoms with E-state index in [0.717, 1.165) is 59.5 Å². The van der Waals surface area contributed by atoms with Gasteiger partial charge >= 0.3 is 0 Å². The molecule has 0 radical (unpaired) electrons. The number of carbonyl (C=O) groups excluding carboxylic acids is 1. The third kappa shape index (κ3) is 4.62. The number of amides is 1. The molecule has 7 nitrogen and oxygen atoms in total. The first-order valence-electron chi connectivity index (χ1n) is 10.1. The van der Waals surface area contributed by atoms with Crippen LogP contribution in [0.15, 0.2) is 24.3 Å². The molecular weight excluding hydrogens is 406 g/mol. The molecule has 0 bridgehead atoms. The van der Waals surface area contributed by atoms with Gasteiger partial charge in [0.1, 0.15) is 5.75 Å². The molecule has 1 aliphatic carbocycles. The van der Waals surface area contributed by atoms with E-state index in [4.69, 9.17) is 17.0 Å². The Morgan fingerprint density at radius 1 is 1.28 bits per heavy atom. The van der Waals surface area contributed by atoms with Gasteiger partial charge in [-0.1, -0.05) is 23.5 Å². The first kappa shape index (κ1) is 20.3. The fourth-order valence-electron chi connectivity index (χ4n) is 3.68. The van der Waals surface area contributed by atoms with E-state index in [1.807, 2.05) is 23.7 Å². The Morgan fingerprint density at radius 3 is 2.66 bits per heavy atom. The number of aromatic nitrogens is 2. The van der Waals surface area contributed by atoms with Crippen LogP contribution in [-0.2, 0) is 11.5 Å². The van der Waals surface area contributed by atoms with Gasteiger partial charge in [0.15, 0.2) is 3.95 Å². The second-order valence-electron chi connectivity index (χ2n) is 7.42. The summed E-state index contributed by atoms with van der Waals surface area (Å²) in [5.74, 6) is 0.990. The molecule has 1 saturated carbocycles. The van der Waals surface area contributed by atoms with Gasteiger partial charge in [0.25, 0.3) is 0 Å². The molecule has 2 heterocycles. The number of anilines is 2. The van der Waals surface area contributed by atoms with E-state index in [-0.39, 0.29) is 5.91 Å². The number of ether oxygens (including phenoxy) is 1. The third-order valence-electron chi connectivity index (χ3n) is 5.26. The summed E-state index contributed by atoms with van der Waals surface area (Å²) < 4.78 is 8.36. The van der Waals surface area contributed by atoms with Crippen LogP contribution in [0.5, 0.6) is 5.75 Å². The van der Waals surface area contributed by atoms with Gasteiger partial charge in [0.05, 0.1) is 19.0 Å². The molecule has 2 fully saturated rings. The SMILES string of the molecule is CCOc1ccccc1N1CCN(Cn2nc(N(C(C)=O)C3CC3)sc2=S)CC1. The zero-order chi connectivity index (χ0) is 20.4. The van der Waals surface area contributed by atoms with Crippen LogP contribution in [0.2, 0.25) is 0 Å². The zero-order valence-corrected chi connectivity index (χ0v) is 18.5. The predicted octanol–water partition coefficient (Wildman–Crippen LogP) is 3.37. The molecule has 29 heavy (non-hydrogen) atoms. The van der Waals surface area contributed by atoms with Crippen LogP contribution in [0.25, 0.3) is 0 Å². The number of hydrogen-bond acceptors (Lipinski definition) is 7. The highest BCUT2D eigenvalue weighted by Gasteiger charge is 2.34. The molecule has 0 N–H and O–H groups in total. The first-order chi connectivity index (χ1) is 14.1. The number of carbonyl (C=O) groups is 1. The molecule has 1 aromatic carbocycles. The van der Waals surface area contributed by atoms with Gasteiger partial charge in [-0.2, -0.15) is 0 Å². The maximum absolute atomic E-state index is 12.0. The molecule has 0 unspecified atom stereocenters. The van der Waals surface area contributed by atoms with Crippen LogP contribution in [0.4, 0.5) is 10.8 Å². The highest BCUT2D eigenvalue weighted by Crippen LogP contribution is 2.33. The predicted molar refractivity (Wildman–Crippen MR) is 119 cm³/mol. The van der Waals surface area contributed by atoms with E-state index in [0.29, 0.717) is 19.3 Å². The van der Waals surface area contributed by atoms with Gasteiger partial charge in [-0.3, -0.25) is 14.6 Å². The summed E-state index contributed by atoms with van der Waals surface area (Å²) in [5.41, 5.74) is 1.16. The summed E-state index contributed by atoms with van der Waals surface area (Å²) in [6.45, 7) is 8.64. The molecule has 1 aromatic heterocycles. The molecule has 1 amide bonds. The van der Waals surface area contributed by atoms with Crippen molar-refractivity contribution >= 4 is 40.3 Å². The standard InChI is InChI=1S/C20H27N5O2S2/c1-3-27-18-7-5-4-6-17(18)23-12-10-22(11-13-23)14-24-20(28)29-19(21-24)25(15(2)26)16-8-9-16/h4-7,16H,3,8-14H2,1-2H3. The Labute approximate surface area is 180 Å². The summed E-state index contributed by atoms with van der Waals surface area (Å²) in [5, 5.41) is 5.39. The summed E-state index contributed by atoms with van der Waals surface area (Å²) in [6, 6.07) is 8.52. The van der Waals surface area contributed by atoms with Crippen LogP contribution in [0.1, 0.15) is 26.7 Å². The Kier molecular flexibility index (Phi) is 6.17. The molecule has 0 spiro atoms. The topological polar surface area (TPSA) is 53.8 Å². The molecule has 4 rings (SSSR count). The maximum atomic E-state index is 12.0. The van der Waals surface area contributed by atoms with Crippen LogP contribution >= 0.6 is 23.6 Å². The molecule has 9 heteroatoms. The summed E-state index contributed by atoms with van der Waals surface area (Å²) in [6.07, 6.45) is 2.11. The molecular formula is C20H27N5O2S2. The first-order valence-corrected chi connectivity index (χ1v) is 11.4. The van der Waals surface area contributed by atoms with Crippen molar-refractivity contribution in [2.75, 3.05) is 42.6 Å². The number of rotatable bonds is 7. The Bertz CT molecular complexity index is 916. The number of nitrogens with zero attached hydrogens (tertiary/aromatic N) is 5. The van der Waals surface area contributed by atoms with Crippen LogP contribution in [0.3, 0.4) is 0 Å². The molecule has 156 valence electrons. The molecule has 2 aliphatic rings. The highest BCUT2D eigenvalue weighted by atomic mass is 32.1. The highest BCUT2D eigenvalue weighted by molar-refractivity contribution is 7.73. The molecule has 1 saturated heterocycles. The number of piperazine rings is 1. The van der Waals surface area contributed by atoms with Crippen molar-refractivity contribution < 1.29 is 9.53 Å². The van der Waals surface area contributed by atoms with Crippen LogP contribution in [0, 0.1) is 3.95 Å². The van der Waals surface area contributed by atoms with Gasteiger partial charge in [-0.05, 0) is 44.1 Å². The molecule has 2 aromatic rings. The maximum Gasteiger partial charge on any atom is 0.225 e. The second kappa shape index (κ2) is 8.81. The number of para-hydroxylation sites is 2.